The van der Waals surface area contributed by atoms with Gasteiger partial charge in [0, 0.05) is 34.5 Å². The summed E-state index contributed by atoms with van der Waals surface area (Å²) >= 11 is 0. The van der Waals surface area contributed by atoms with Crippen molar-refractivity contribution in [2.75, 3.05) is 5.73 Å². The number of nitrogens with two attached hydrogens (primary N) is 1. The van der Waals surface area contributed by atoms with Gasteiger partial charge in [-0.05, 0) is 37.3 Å². The first-order valence-electron chi connectivity index (χ1n) is 5.97. The number of pyridine rings is 2. The average Bonchev–Trinajstić information content (AvgIpc) is 2.45. The Hall–Kier alpha value is -2.62. The number of nitrogen functional groups attached to an aromatic ring is 1. The van der Waals surface area contributed by atoms with Crippen molar-refractivity contribution < 1.29 is 4.74 Å². The molecule has 4 nitrogen and oxygen atoms in total. The van der Waals surface area contributed by atoms with E-state index in [4.69, 9.17) is 10.5 Å². The molecule has 0 aliphatic carbocycles. The molecule has 0 atom stereocenters. The topological polar surface area (TPSA) is 61.0 Å². The minimum atomic E-state index is 0.695. The smallest absolute Gasteiger partial charge is 0.145 e. The molecule has 0 spiro atoms. The highest BCUT2D eigenvalue weighted by atomic mass is 16.5. The number of benzene rings is 1. The van der Waals surface area contributed by atoms with E-state index in [1.807, 2.05) is 37.3 Å². The number of hydrogen-bond donors (Lipinski definition) is 1. The Morgan fingerprint density at radius 1 is 1.00 bits per heavy atom. The second kappa shape index (κ2) is 4.57. The van der Waals surface area contributed by atoms with Gasteiger partial charge in [0.25, 0.3) is 0 Å². The Morgan fingerprint density at radius 3 is 2.68 bits per heavy atom. The zero-order valence-corrected chi connectivity index (χ0v) is 10.5. The maximum atomic E-state index is 5.94. The number of rotatable bonds is 2. The highest BCUT2D eigenvalue weighted by Gasteiger charge is 2.06. The Balaban J connectivity index is 2.06. The lowest BCUT2D eigenvalue weighted by Crippen LogP contribution is -1.92. The molecule has 0 saturated carbocycles. The van der Waals surface area contributed by atoms with Gasteiger partial charge < -0.3 is 10.5 Å². The summed E-state index contributed by atoms with van der Waals surface area (Å²) in [6, 6.07) is 9.36. The monoisotopic (exact) mass is 251 g/mol. The molecule has 0 bridgehead atoms. The number of ether oxygens (including phenoxy) is 1. The fourth-order valence-electron chi connectivity index (χ4n) is 1.92. The first kappa shape index (κ1) is 11.5. The molecule has 2 aromatic heterocycles. The van der Waals surface area contributed by atoms with Crippen molar-refractivity contribution in [1.29, 1.82) is 0 Å². The van der Waals surface area contributed by atoms with E-state index in [0.717, 1.165) is 22.2 Å². The van der Waals surface area contributed by atoms with E-state index in [1.165, 1.54) is 0 Å². The van der Waals surface area contributed by atoms with Gasteiger partial charge in [0.1, 0.15) is 11.5 Å². The van der Waals surface area contributed by atoms with E-state index in [1.54, 1.807) is 18.6 Å². The summed E-state index contributed by atoms with van der Waals surface area (Å²) in [4.78, 5) is 8.33. The van der Waals surface area contributed by atoms with Gasteiger partial charge in [-0.2, -0.15) is 0 Å². The first-order chi connectivity index (χ1) is 9.24. The number of fused-ring (bicyclic) bond motifs is 1. The first-order valence-corrected chi connectivity index (χ1v) is 5.97. The van der Waals surface area contributed by atoms with Gasteiger partial charge >= 0.3 is 0 Å². The third kappa shape index (κ3) is 2.20. The quantitative estimate of drug-likeness (QED) is 0.710. The highest BCUT2D eigenvalue weighted by molar-refractivity contribution is 5.96. The number of aromatic nitrogens is 2. The molecule has 19 heavy (non-hydrogen) atoms. The van der Waals surface area contributed by atoms with Crippen LogP contribution in [0.4, 0.5) is 5.69 Å². The lowest BCUT2D eigenvalue weighted by atomic mass is 10.1. The largest absolute Gasteiger partial charge is 0.455 e. The number of aryl methyl sites for hydroxylation is 1. The number of hydrogen-bond acceptors (Lipinski definition) is 4. The van der Waals surface area contributed by atoms with Crippen LogP contribution in [0.5, 0.6) is 11.5 Å². The lowest BCUT2D eigenvalue weighted by molar-refractivity contribution is 0.485. The molecular weight excluding hydrogens is 238 g/mol. The van der Waals surface area contributed by atoms with E-state index in [9.17, 15) is 0 Å². The van der Waals surface area contributed by atoms with Crippen LogP contribution in [0.3, 0.4) is 0 Å². The van der Waals surface area contributed by atoms with Crippen molar-refractivity contribution in [3.8, 4) is 11.5 Å². The van der Waals surface area contributed by atoms with E-state index in [2.05, 4.69) is 9.97 Å². The normalized spacial score (nSPS) is 10.6. The summed E-state index contributed by atoms with van der Waals surface area (Å²) in [5.41, 5.74) is 7.61. The van der Waals surface area contributed by atoms with Gasteiger partial charge in [-0.25, -0.2) is 0 Å². The zero-order valence-electron chi connectivity index (χ0n) is 10.5. The van der Waals surface area contributed by atoms with Crippen molar-refractivity contribution in [2.45, 2.75) is 6.92 Å². The average molecular weight is 251 g/mol. The highest BCUT2D eigenvalue weighted by Crippen LogP contribution is 2.32. The van der Waals surface area contributed by atoms with Crippen LogP contribution in [-0.4, -0.2) is 9.97 Å². The molecule has 0 unspecified atom stereocenters. The Kier molecular flexibility index (Phi) is 2.76. The van der Waals surface area contributed by atoms with Crippen molar-refractivity contribution in [3.63, 3.8) is 0 Å². The number of anilines is 1. The Labute approximate surface area is 110 Å². The molecule has 0 fully saturated rings. The van der Waals surface area contributed by atoms with Crippen LogP contribution < -0.4 is 10.5 Å². The summed E-state index contributed by atoms with van der Waals surface area (Å²) in [5, 5.41) is 1.83. The molecule has 4 heteroatoms. The fourth-order valence-corrected chi connectivity index (χ4v) is 1.92. The van der Waals surface area contributed by atoms with Crippen LogP contribution in [0.2, 0.25) is 0 Å². The van der Waals surface area contributed by atoms with E-state index in [0.29, 0.717) is 11.4 Å². The standard InChI is InChI=1S/C15H13N3O/c1-10-2-3-11(8-18-10)19-15-5-4-14(16)12-6-7-17-9-13(12)15/h2-9H,16H2,1H3. The maximum Gasteiger partial charge on any atom is 0.145 e. The summed E-state index contributed by atoms with van der Waals surface area (Å²) in [6.07, 6.45) is 5.17. The van der Waals surface area contributed by atoms with Crippen LogP contribution in [0.15, 0.2) is 48.9 Å². The van der Waals surface area contributed by atoms with E-state index >= 15 is 0 Å². The van der Waals surface area contributed by atoms with Crippen LogP contribution in [0, 0.1) is 6.92 Å². The summed E-state index contributed by atoms with van der Waals surface area (Å²) in [7, 11) is 0. The second-order valence-electron chi connectivity index (χ2n) is 4.31. The Bertz CT molecular complexity index is 723. The van der Waals surface area contributed by atoms with Crippen LogP contribution in [0.25, 0.3) is 10.8 Å². The van der Waals surface area contributed by atoms with E-state index in [-0.39, 0.29) is 0 Å². The predicted octanol–water partition coefficient (Wildman–Crippen LogP) is 3.31. The van der Waals surface area contributed by atoms with Gasteiger partial charge in [-0.1, -0.05) is 0 Å². The van der Waals surface area contributed by atoms with Crippen molar-refractivity contribution >= 4 is 16.5 Å². The second-order valence-corrected chi connectivity index (χ2v) is 4.31. The maximum absolute atomic E-state index is 5.94. The molecule has 0 amide bonds. The predicted molar refractivity (Wildman–Crippen MR) is 75.2 cm³/mol. The third-order valence-corrected chi connectivity index (χ3v) is 2.92. The minimum Gasteiger partial charge on any atom is -0.455 e. The molecule has 2 heterocycles. The van der Waals surface area contributed by atoms with E-state index < -0.39 is 0 Å². The molecule has 0 radical (unpaired) electrons. The van der Waals surface area contributed by atoms with Gasteiger partial charge in [0.2, 0.25) is 0 Å². The van der Waals surface area contributed by atoms with Crippen LogP contribution in [-0.2, 0) is 0 Å². The van der Waals surface area contributed by atoms with Gasteiger partial charge in [0.05, 0.1) is 6.20 Å². The molecule has 0 aliphatic heterocycles. The Morgan fingerprint density at radius 2 is 1.89 bits per heavy atom. The van der Waals surface area contributed by atoms with Crippen LogP contribution >= 0.6 is 0 Å². The van der Waals surface area contributed by atoms with Crippen molar-refractivity contribution in [1.82, 2.24) is 9.97 Å². The summed E-state index contributed by atoms with van der Waals surface area (Å²) in [5.74, 6) is 1.42. The molecule has 0 aliphatic rings. The van der Waals surface area contributed by atoms with Crippen LogP contribution in [0.1, 0.15) is 5.69 Å². The third-order valence-electron chi connectivity index (χ3n) is 2.92. The molecule has 0 saturated heterocycles. The fraction of sp³-hybridized carbons (Fsp3) is 0.0667. The molecule has 2 N–H and O–H groups in total. The van der Waals surface area contributed by atoms with Gasteiger partial charge in [0.15, 0.2) is 0 Å². The van der Waals surface area contributed by atoms with Crippen molar-refractivity contribution in [3.05, 3.63) is 54.6 Å². The SMILES string of the molecule is Cc1ccc(Oc2ccc(N)c3ccncc23)cn1. The molecule has 94 valence electrons. The molecular formula is C15H13N3O. The molecule has 1 aromatic carbocycles. The minimum absolute atomic E-state index is 0.695. The van der Waals surface area contributed by atoms with Gasteiger partial charge in [-0.15, -0.1) is 0 Å². The lowest BCUT2D eigenvalue weighted by Gasteiger charge is -2.10. The summed E-state index contributed by atoms with van der Waals surface area (Å²) < 4.78 is 5.84. The van der Waals surface area contributed by atoms with Crippen molar-refractivity contribution in [2.24, 2.45) is 0 Å². The molecule has 3 rings (SSSR count). The van der Waals surface area contributed by atoms with Gasteiger partial charge in [-0.3, -0.25) is 9.97 Å². The summed E-state index contributed by atoms with van der Waals surface area (Å²) in [6.45, 7) is 1.94. The molecule has 3 aromatic rings. The zero-order chi connectivity index (χ0) is 13.2. The number of nitrogens with zero attached hydrogens (tertiary/aromatic N) is 2.